The summed E-state index contributed by atoms with van der Waals surface area (Å²) in [6, 6.07) is 9.59. The first-order chi connectivity index (χ1) is 7.29. The molecule has 1 aromatic carbocycles. The zero-order valence-electron chi connectivity index (χ0n) is 8.43. The van der Waals surface area contributed by atoms with Crippen LogP contribution in [0, 0.1) is 0 Å². The van der Waals surface area contributed by atoms with E-state index in [1.807, 2.05) is 37.3 Å². The Kier molecular flexibility index (Phi) is 2.63. The van der Waals surface area contributed by atoms with Crippen LogP contribution in [0.2, 0.25) is 0 Å². The second kappa shape index (κ2) is 4.09. The molecule has 1 heterocycles. The molecule has 0 amide bonds. The molecule has 1 aromatic rings. The van der Waals surface area contributed by atoms with E-state index in [-0.39, 0.29) is 5.97 Å². The van der Waals surface area contributed by atoms with E-state index in [4.69, 9.17) is 4.74 Å². The van der Waals surface area contributed by atoms with Gasteiger partial charge in [0.2, 0.25) is 0 Å². The fourth-order valence-electron chi connectivity index (χ4n) is 1.31. The fourth-order valence-corrected chi connectivity index (χ4v) is 1.31. The number of carbonyl (C=O) groups excluding carboxylic acids is 1. The maximum Gasteiger partial charge on any atom is 0.363 e. The highest BCUT2D eigenvalue weighted by Gasteiger charge is 2.20. The quantitative estimate of drug-likeness (QED) is 0.544. The van der Waals surface area contributed by atoms with Crippen LogP contribution in [0.15, 0.2) is 41.0 Å². The summed E-state index contributed by atoms with van der Waals surface area (Å²) in [5.74, 6) is 0.123. The summed E-state index contributed by atoms with van der Waals surface area (Å²) >= 11 is 0. The van der Waals surface area contributed by atoms with Crippen molar-refractivity contribution >= 4 is 17.9 Å². The van der Waals surface area contributed by atoms with Gasteiger partial charge in [-0.05, 0) is 11.6 Å². The summed E-state index contributed by atoms with van der Waals surface area (Å²) in [7, 11) is 0. The first-order valence-corrected chi connectivity index (χ1v) is 4.86. The third kappa shape index (κ3) is 2.13. The van der Waals surface area contributed by atoms with Gasteiger partial charge in [-0.1, -0.05) is 37.3 Å². The van der Waals surface area contributed by atoms with Gasteiger partial charge in [0.05, 0.1) is 0 Å². The number of nitrogens with zero attached hydrogens (tertiary/aromatic N) is 1. The van der Waals surface area contributed by atoms with Gasteiger partial charge in [-0.3, -0.25) is 0 Å². The summed E-state index contributed by atoms with van der Waals surface area (Å²) in [4.78, 5) is 15.4. The molecular formula is C12H11NO2. The lowest BCUT2D eigenvalue weighted by atomic mass is 10.2. The van der Waals surface area contributed by atoms with Gasteiger partial charge >= 0.3 is 5.97 Å². The number of cyclic esters (lactones) is 1. The molecule has 0 unspecified atom stereocenters. The predicted octanol–water partition coefficient (Wildman–Crippen LogP) is 2.39. The monoisotopic (exact) mass is 201 g/mol. The second-order valence-electron chi connectivity index (χ2n) is 3.19. The van der Waals surface area contributed by atoms with Crippen molar-refractivity contribution < 1.29 is 9.53 Å². The normalized spacial score (nSPS) is 17.8. The number of aliphatic imine (C=N–C) groups is 1. The number of rotatable bonds is 2. The third-order valence-corrected chi connectivity index (χ3v) is 2.07. The van der Waals surface area contributed by atoms with Crippen LogP contribution in [0.25, 0.3) is 6.08 Å². The Morgan fingerprint density at radius 1 is 1.33 bits per heavy atom. The standard InChI is InChI=1S/C12H11NO2/c1-2-11-13-10(12(14)15-11)8-9-6-4-3-5-7-9/h3-8H,2H2,1H3/b10-8+. The maximum absolute atomic E-state index is 11.3. The van der Waals surface area contributed by atoms with Gasteiger partial charge in [0.1, 0.15) is 0 Å². The number of hydrogen-bond acceptors (Lipinski definition) is 3. The molecule has 0 aromatic heterocycles. The van der Waals surface area contributed by atoms with E-state index in [0.717, 1.165) is 5.56 Å². The van der Waals surface area contributed by atoms with Crippen LogP contribution < -0.4 is 0 Å². The van der Waals surface area contributed by atoms with E-state index in [1.54, 1.807) is 6.08 Å². The highest BCUT2D eigenvalue weighted by Crippen LogP contribution is 2.16. The van der Waals surface area contributed by atoms with Crippen molar-refractivity contribution in [2.75, 3.05) is 0 Å². The lowest BCUT2D eigenvalue weighted by Crippen LogP contribution is -2.02. The van der Waals surface area contributed by atoms with Crippen molar-refractivity contribution in [1.29, 1.82) is 0 Å². The van der Waals surface area contributed by atoms with E-state index in [0.29, 0.717) is 18.0 Å². The minimum atomic E-state index is -0.365. The van der Waals surface area contributed by atoms with Crippen molar-refractivity contribution in [2.24, 2.45) is 4.99 Å². The average Bonchev–Trinajstić information content (AvgIpc) is 2.61. The molecule has 3 nitrogen and oxygen atoms in total. The Hall–Kier alpha value is -1.90. The summed E-state index contributed by atoms with van der Waals surface area (Å²) < 4.78 is 4.94. The van der Waals surface area contributed by atoms with E-state index in [9.17, 15) is 4.79 Å². The van der Waals surface area contributed by atoms with Gasteiger partial charge in [0.15, 0.2) is 11.6 Å². The molecule has 0 saturated heterocycles. The zero-order chi connectivity index (χ0) is 10.7. The molecule has 0 fully saturated rings. The number of ether oxygens (including phenoxy) is 1. The Bertz CT molecular complexity index is 432. The molecule has 1 aliphatic heterocycles. The van der Waals surface area contributed by atoms with Gasteiger partial charge < -0.3 is 4.74 Å². The van der Waals surface area contributed by atoms with Crippen LogP contribution in [-0.4, -0.2) is 11.9 Å². The lowest BCUT2D eigenvalue weighted by Gasteiger charge is -1.92. The summed E-state index contributed by atoms with van der Waals surface area (Å²) in [6.45, 7) is 1.90. The first-order valence-electron chi connectivity index (χ1n) is 4.86. The molecule has 0 radical (unpaired) electrons. The molecule has 0 saturated carbocycles. The molecule has 0 spiro atoms. The molecular weight excluding hydrogens is 190 g/mol. The Morgan fingerprint density at radius 3 is 2.67 bits per heavy atom. The predicted molar refractivity (Wildman–Crippen MR) is 58.2 cm³/mol. The molecule has 3 heteroatoms. The minimum Gasteiger partial charge on any atom is -0.407 e. The second-order valence-corrected chi connectivity index (χ2v) is 3.19. The third-order valence-electron chi connectivity index (χ3n) is 2.07. The number of hydrogen-bond donors (Lipinski definition) is 0. The van der Waals surface area contributed by atoms with Crippen LogP contribution in [0.3, 0.4) is 0 Å². The van der Waals surface area contributed by atoms with Crippen LogP contribution in [0.4, 0.5) is 0 Å². The zero-order valence-corrected chi connectivity index (χ0v) is 8.43. The smallest absolute Gasteiger partial charge is 0.363 e. The molecule has 76 valence electrons. The minimum absolute atomic E-state index is 0.365. The van der Waals surface area contributed by atoms with Crippen molar-refractivity contribution in [3.05, 3.63) is 41.6 Å². The van der Waals surface area contributed by atoms with Crippen molar-refractivity contribution in [3.63, 3.8) is 0 Å². The van der Waals surface area contributed by atoms with Crippen molar-refractivity contribution in [1.82, 2.24) is 0 Å². The van der Waals surface area contributed by atoms with Crippen LogP contribution in [0.5, 0.6) is 0 Å². The molecule has 2 rings (SSSR count). The van der Waals surface area contributed by atoms with E-state index in [1.165, 1.54) is 0 Å². The van der Waals surface area contributed by atoms with Gasteiger partial charge in [0, 0.05) is 6.42 Å². The van der Waals surface area contributed by atoms with Crippen LogP contribution in [0.1, 0.15) is 18.9 Å². The Balaban J connectivity index is 2.28. The SMILES string of the molecule is CCC1=N/C(=C/c2ccccc2)C(=O)O1. The highest BCUT2D eigenvalue weighted by molar-refractivity contribution is 6.07. The van der Waals surface area contributed by atoms with E-state index >= 15 is 0 Å². The van der Waals surface area contributed by atoms with E-state index < -0.39 is 0 Å². The molecule has 0 aliphatic carbocycles. The van der Waals surface area contributed by atoms with Gasteiger partial charge in [-0.2, -0.15) is 0 Å². The van der Waals surface area contributed by atoms with Gasteiger partial charge in [-0.25, -0.2) is 9.79 Å². The maximum atomic E-state index is 11.3. The highest BCUT2D eigenvalue weighted by atomic mass is 16.6. The Morgan fingerprint density at radius 2 is 2.07 bits per heavy atom. The van der Waals surface area contributed by atoms with E-state index in [2.05, 4.69) is 4.99 Å². The van der Waals surface area contributed by atoms with Gasteiger partial charge in [0.25, 0.3) is 0 Å². The fraction of sp³-hybridized carbons (Fsp3) is 0.167. The molecule has 0 atom stereocenters. The summed E-state index contributed by atoms with van der Waals surface area (Å²) in [5, 5.41) is 0. The van der Waals surface area contributed by atoms with Crippen molar-refractivity contribution in [3.8, 4) is 0 Å². The summed E-state index contributed by atoms with van der Waals surface area (Å²) in [5.41, 5.74) is 1.32. The number of benzene rings is 1. The first kappa shape index (κ1) is 9.65. The van der Waals surface area contributed by atoms with Crippen LogP contribution >= 0.6 is 0 Å². The van der Waals surface area contributed by atoms with Crippen LogP contribution in [-0.2, 0) is 9.53 Å². The average molecular weight is 201 g/mol. The molecule has 15 heavy (non-hydrogen) atoms. The van der Waals surface area contributed by atoms with Gasteiger partial charge in [-0.15, -0.1) is 0 Å². The summed E-state index contributed by atoms with van der Waals surface area (Å²) in [6.07, 6.45) is 2.36. The Labute approximate surface area is 88.1 Å². The number of carbonyl (C=O) groups is 1. The topological polar surface area (TPSA) is 38.7 Å². The molecule has 0 bridgehead atoms. The molecule has 1 aliphatic rings. The lowest BCUT2D eigenvalue weighted by molar-refractivity contribution is -0.130. The largest absolute Gasteiger partial charge is 0.407 e. The molecule has 0 N–H and O–H groups in total. The number of esters is 1. The van der Waals surface area contributed by atoms with Crippen molar-refractivity contribution in [2.45, 2.75) is 13.3 Å².